The van der Waals surface area contributed by atoms with Gasteiger partial charge in [-0.2, -0.15) is 0 Å². The summed E-state index contributed by atoms with van der Waals surface area (Å²) in [5.41, 5.74) is 11.0. The van der Waals surface area contributed by atoms with E-state index in [2.05, 4.69) is 34.6 Å². The van der Waals surface area contributed by atoms with Gasteiger partial charge in [0.05, 0.1) is 24.6 Å². The molecule has 1 aromatic heterocycles. The molecule has 5 nitrogen and oxygen atoms in total. The van der Waals surface area contributed by atoms with Crippen molar-refractivity contribution in [1.82, 2.24) is 4.98 Å². The second kappa shape index (κ2) is 7.00. The van der Waals surface area contributed by atoms with Gasteiger partial charge in [-0.05, 0) is 60.7 Å². The highest BCUT2D eigenvalue weighted by molar-refractivity contribution is 6.05. The topological polar surface area (TPSA) is 77.2 Å². The molecule has 1 saturated carbocycles. The normalized spacial score (nSPS) is 14.4. The van der Waals surface area contributed by atoms with Gasteiger partial charge in [-0.1, -0.05) is 24.3 Å². The average molecular weight is 373 g/mol. The van der Waals surface area contributed by atoms with Crippen LogP contribution >= 0.6 is 0 Å². The van der Waals surface area contributed by atoms with Crippen molar-refractivity contribution in [3.63, 3.8) is 0 Å². The number of methoxy groups -OCH3 is 1. The number of nitrogen functional groups attached to an aromatic ring is 1. The molecule has 28 heavy (non-hydrogen) atoms. The number of hydrogen-bond donors (Lipinski definition) is 2. The van der Waals surface area contributed by atoms with E-state index in [-0.39, 0.29) is 11.3 Å². The molecule has 0 saturated heterocycles. The molecular formula is C23H23N3O2. The lowest BCUT2D eigenvalue weighted by atomic mass is 9.88. The number of benzene rings is 2. The molecule has 0 radical (unpaired) electrons. The van der Waals surface area contributed by atoms with Crippen molar-refractivity contribution in [2.24, 2.45) is 0 Å². The molecule has 1 aliphatic rings. The zero-order valence-corrected chi connectivity index (χ0v) is 16.0. The van der Waals surface area contributed by atoms with Gasteiger partial charge >= 0.3 is 0 Å². The zero-order chi connectivity index (χ0) is 19.7. The standard InChI is InChI=1S/C23H23N3O2/c1-15-20(13-25-14-21(15)24)22(27)26-18-7-3-16(4-8-18)23(11-12-23)17-5-9-19(28-2)10-6-17/h3-10,13-14H,11-12,24H2,1-2H3,(H,26,27). The van der Waals surface area contributed by atoms with Crippen molar-refractivity contribution in [2.75, 3.05) is 18.2 Å². The number of rotatable bonds is 5. The van der Waals surface area contributed by atoms with Crippen molar-refractivity contribution < 1.29 is 9.53 Å². The van der Waals surface area contributed by atoms with Crippen molar-refractivity contribution in [2.45, 2.75) is 25.2 Å². The molecule has 0 spiro atoms. The van der Waals surface area contributed by atoms with Crippen LogP contribution in [-0.2, 0) is 5.41 Å². The predicted octanol–water partition coefficient (Wildman–Crippen LogP) is 4.31. The van der Waals surface area contributed by atoms with Gasteiger partial charge in [-0.25, -0.2) is 0 Å². The molecule has 0 bridgehead atoms. The molecule has 1 aliphatic carbocycles. The fourth-order valence-corrected chi connectivity index (χ4v) is 3.62. The van der Waals surface area contributed by atoms with Crippen LogP contribution in [0.4, 0.5) is 11.4 Å². The summed E-state index contributed by atoms with van der Waals surface area (Å²) in [6, 6.07) is 16.4. The van der Waals surface area contributed by atoms with E-state index in [1.807, 2.05) is 31.2 Å². The van der Waals surface area contributed by atoms with Gasteiger partial charge in [0.1, 0.15) is 5.75 Å². The molecule has 1 heterocycles. The molecule has 0 unspecified atom stereocenters. The molecule has 0 atom stereocenters. The van der Waals surface area contributed by atoms with Crippen LogP contribution in [0.25, 0.3) is 0 Å². The monoisotopic (exact) mass is 373 g/mol. The Morgan fingerprint density at radius 1 is 1.04 bits per heavy atom. The summed E-state index contributed by atoms with van der Waals surface area (Å²) in [7, 11) is 1.68. The summed E-state index contributed by atoms with van der Waals surface area (Å²) in [6.45, 7) is 1.82. The van der Waals surface area contributed by atoms with Crippen LogP contribution in [0.15, 0.2) is 60.9 Å². The van der Waals surface area contributed by atoms with Crippen LogP contribution in [0.3, 0.4) is 0 Å². The van der Waals surface area contributed by atoms with Crippen LogP contribution in [0.5, 0.6) is 5.75 Å². The van der Waals surface area contributed by atoms with E-state index in [0.29, 0.717) is 11.3 Å². The van der Waals surface area contributed by atoms with Crippen LogP contribution < -0.4 is 15.8 Å². The highest BCUT2D eigenvalue weighted by Gasteiger charge is 2.45. The number of ether oxygens (including phenoxy) is 1. The molecule has 0 aliphatic heterocycles. The Kier molecular flexibility index (Phi) is 4.51. The Labute approximate surface area is 164 Å². The maximum absolute atomic E-state index is 12.5. The highest BCUT2D eigenvalue weighted by Crippen LogP contribution is 2.53. The van der Waals surface area contributed by atoms with Crippen LogP contribution in [0, 0.1) is 6.92 Å². The number of carbonyl (C=O) groups excluding carboxylic acids is 1. The van der Waals surface area contributed by atoms with Gasteiger partial charge in [0, 0.05) is 17.3 Å². The van der Waals surface area contributed by atoms with Crippen molar-refractivity contribution in [3.05, 3.63) is 83.2 Å². The zero-order valence-electron chi connectivity index (χ0n) is 16.0. The number of nitrogens with zero attached hydrogens (tertiary/aromatic N) is 1. The maximum Gasteiger partial charge on any atom is 0.257 e. The van der Waals surface area contributed by atoms with Gasteiger partial charge in [0.25, 0.3) is 5.91 Å². The highest BCUT2D eigenvalue weighted by atomic mass is 16.5. The second-order valence-corrected chi connectivity index (χ2v) is 7.24. The Balaban J connectivity index is 1.52. The number of nitrogens with two attached hydrogens (primary N) is 1. The number of pyridine rings is 1. The SMILES string of the molecule is COc1ccc(C2(c3ccc(NC(=O)c4cncc(N)c4C)cc3)CC2)cc1. The first kappa shape index (κ1) is 18.0. The van der Waals surface area contributed by atoms with Crippen LogP contribution in [-0.4, -0.2) is 18.0 Å². The molecule has 1 amide bonds. The number of carbonyl (C=O) groups is 1. The molecule has 2 aromatic carbocycles. The minimum Gasteiger partial charge on any atom is -0.497 e. The smallest absolute Gasteiger partial charge is 0.257 e. The molecular weight excluding hydrogens is 350 g/mol. The molecule has 4 rings (SSSR count). The molecule has 3 N–H and O–H groups in total. The van der Waals surface area contributed by atoms with Crippen LogP contribution in [0.1, 0.15) is 39.9 Å². The Hall–Kier alpha value is -3.34. The molecule has 1 fully saturated rings. The summed E-state index contributed by atoms with van der Waals surface area (Å²) >= 11 is 0. The molecule has 142 valence electrons. The van der Waals surface area contributed by atoms with Crippen molar-refractivity contribution in [1.29, 1.82) is 0 Å². The van der Waals surface area contributed by atoms with Crippen LogP contribution in [0.2, 0.25) is 0 Å². The van der Waals surface area contributed by atoms with E-state index in [0.717, 1.165) is 29.8 Å². The van der Waals surface area contributed by atoms with E-state index in [4.69, 9.17) is 10.5 Å². The third-order valence-electron chi connectivity index (χ3n) is 5.59. The quantitative estimate of drug-likeness (QED) is 0.698. The number of nitrogens with one attached hydrogen (secondary N) is 1. The van der Waals surface area contributed by atoms with E-state index in [1.165, 1.54) is 17.3 Å². The predicted molar refractivity (Wildman–Crippen MR) is 111 cm³/mol. The summed E-state index contributed by atoms with van der Waals surface area (Å²) in [5, 5.41) is 2.93. The van der Waals surface area contributed by atoms with E-state index < -0.39 is 0 Å². The van der Waals surface area contributed by atoms with E-state index >= 15 is 0 Å². The fraction of sp³-hybridized carbons (Fsp3) is 0.217. The lowest BCUT2D eigenvalue weighted by Gasteiger charge is -2.17. The molecule has 5 heteroatoms. The maximum atomic E-state index is 12.5. The van der Waals surface area contributed by atoms with Crippen molar-refractivity contribution in [3.8, 4) is 5.75 Å². The number of amides is 1. The lowest BCUT2D eigenvalue weighted by Crippen LogP contribution is -2.15. The fourth-order valence-electron chi connectivity index (χ4n) is 3.62. The lowest BCUT2D eigenvalue weighted by molar-refractivity contribution is 0.102. The summed E-state index contributed by atoms with van der Waals surface area (Å²) in [4.78, 5) is 16.6. The summed E-state index contributed by atoms with van der Waals surface area (Å²) in [6.07, 6.45) is 5.34. The summed E-state index contributed by atoms with van der Waals surface area (Å²) < 4.78 is 5.26. The van der Waals surface area contributed by atoms with E-state index in [9.17, 15) is 4.79 Å². The second-order valence-electron chi connectivity index (χ2n) is 7.24. The van der Waals surface area contributed by atoms with Gasteiger partial charge in [-0.3, -0.25) is 9.78 Å². The van der Waals surface area contributed by atoms with Crippen molar-refractivity contribution >= 4 is 17.3 Å². The van der Waals surface area contributed by atoms with Gasteiger partial charge < -0.3 is 15.8 Å². The number of aromatic nitrogens is 1. The van der Waals surface area contributed by atoms with E-state index in [1.54, 1.807) is 13.3 Å². The average Bonchev–Trinajstić information content (AvgIpc) is 3.52. The largest absolute Gasteiger partial charge is 0.497 e. The number of anilines is 2. The summed E-state index contributed by atoms with van der Waals surface area (Å²) in [5.74, 6) is 0.658. The Morgan fingerprint density at radius 3 is 2.21 bits per heavy atom. The Bertz CT molecular complexity index is 1010. The van der Waals surface area contributed by atoms with Gasteiger partial charge in [0.15, 0.2) is 0 Å². The first-order valence-corrected chi connectivity index (χ1v) is 9.30. The first-order chi connectivity index (χ1) is 13.5. The minimum absolute atomic E-state index is 0.0726. The Morgan fingerprint density at radius 2 is 1.64 bits per heavy atom. The minimum atomic E-state index is -0.207. The first-order valence-electron chi connectivity index (χ1n) is 9.30. The number of hydrogen-bond acceptors (Lipinski definition) is 4. The van der Waals surface area contributed by atoms with Gasteiger partial charge in [-0.15, -0.1) is 0 Å². The third kappa shape index (κ3) is 3.20. The third-order valence-corrected chi connectivity index (χ3v) is 5.59. The van der Waals surface area contributed by atoms with Gasteiger partial charge in [0.2, 0.25) is 0 Å². The molecule has 3 aromatic rings.